The molecule has 0 aromatic heterocycles. The zero-order valence-corrected chi connectivity index (χ0v) is 15.0. The van der Waals surface area contributed by atoms with Crippen LogP contribution in [0, 0.1) is 0 Å². The molecule has 5 nitrogen and oxygen atoms in total. The third-order valence-electron chi connectivity index (χ3n) is 4.82. The zero-order chi connectivity index (χ0) is 18.5. The lowest BCUT2D eigenvalue weighted by Gasteiger charge is -2.35. The van der Waals surface area contributed by atoms with Crippen molar-refractivity contribution in [3.05, 3.63) is 53.1 Å². The number of fused-ring (bicyclic) bond motifs is 3. The molecule has 0 saturated carbocycles. The van der Waals surface area contributed by atoms with E-state index in [4.69, 9.17) is 14.2 Å². The molecule has 2 aromatic rings. The summed E-state index contributed by atoms with van der Waals surface area (Å²) < 4.78 is 17.8. The molecule has 0 radical (unpaired) electrons. The molecular formula is C21H22O5. The van der Waals surface area contributed by atoms with E-state index in [1.807, 2.05) is 32.1 Å². The van der Waals surface area contributed by atoms with Gasteiger partial charge in [0.1, 0.15) is 34.7 Å². The van der Waals surface area contributed by atoms with Gasteiger partial charge in [0.25, 0.3) is 0 Å². The number of ether oxygens (including phenoxy) is 3. The summed E-state index contributed by atoms with van der Waals surface area (Å²) in [4.78, 5) is 0. The number of hydrogen-bond acceptors (Lipinski definition) is 5. The molecule has 0 amide bonds. The summed E-state index contributed by atoms with van der Waals surface area (Å²) in [5.74, 6) is 2.20. The number of hydrogen-bond donors (Lipinski definition) is 2. The summed E-state index contributed by atoms with van der Waals surface area (Å²) in [5, 5.41) is 20.2. The maximum atomic E-state index is 10.7. The molecular weight excluding hydrogens is 332 g/mol. The number of phenolic OH excluding ortho intramolecular Hbond substituents is 1. The highest BCUT2D eigenvalue weighted by atomic mass is 16.5. The van der Waals surface area contributed by atoms with E-state index >= 15 is 0 Å². The minimum atomic E-state index is -0.719. The van der Waals surface area contributed by atoms with Crippen LogP contribution in [0.2, 0.25) is 0 Å². The SMILES string of the molecule is COc1cc2c(c3c1C[C@H](O)[C@@H](c1ccc(O)cc1)O3)C=CC(C)(C)O2. The molecule has 5 heteroatoms. The molecule has 2 aliphatic rings. The van der Waals surface area contributed by atoms with Crippen molar-refractivity contribution >= 4 is 6.08 Å². The van der Waals surface area contributed by atoms with Gasteiger partial charge in [-0.3, -0.25) is 0 Å². The second-order valence-corrected chi connectivity index (χ2v) is 7.24. The Balaban J connectivity index is 1.81. The van der Waals surface area contributed by atoms with Crippen LogP contribution < -0.4 is 14.2 Å². The van der Waals surface area contributed by atoms with Crippen molar-refractivity contribution in [3.63, 3.8) is 0 Å². The molecule has 0 unspecified atom stereocenters. The van der Waals surface area contributed by atoms with E-state index in [-0.39, 0.29) is 5.75 Å². The average molecular weight is 354 g/mol. The van der Waals surface area contributed by atoms with Gasteiger partial charge < -0.3 is 24.4 Å². The minimum absolute atomic E-state index is 0.178. The molecule has 0 spiro atoms. The summed E-state index contributed by atoms with van der Waals surface area (Å²) in [6.45, 7) is 3.98. The molecule has 0 aliphatic carbocycles. The standard InChI is InChI=1S/C21H22O5/c1-21(2)9-8-14-18(26-21)11-17(24-3)15-10-16(23)19(25-20(14)15)12-4-6-13(22)7-5-12/h4-9,11,16,19,22-23H,10H2,1-3H3/t16-,19+/m0/s1. The number of aliphatic hydroxyl groups is 1. The van der Waals surface area contributed by atoms with Crippen LogP contribution in [0.4, 0.5) is 0 Å². The van der Waals surface area contributed by atoms with Crippen LogP contribution in [-0.4, -0.2) is 29.0 Å². The number of rotatable bonds is 2. The molecule has 0 fully saturated rings. The van der Waals surface area contributed by atoms with Crippen LogP contribution in [0.3, 0.4) is 0 Å². The molecule has 2 atom stereocenters. The first-order valence-corrected chi connectivity index (χ1v) is 8.64. The minimum Gasteiger partial charge on any atom is -0.508 e. The molecule has 2 aliphatic heterocycles. The Morgan fingerprint density at radius 3 is 2.62 bits per heavy atom. The molecule has 0 bridgehead atoms. The Labute approximate surface area is 152 Å². The Kier molecular flexibility index (Phi) is 3.84. The van der Waals surface area contributed by atoms with E-state index in [2.05, 4.69) is 0 Å². The second-order valence-electron chi connectivity index (χ2n) is 7.24. The predicted octanol–water partition coefficient (Wildman–Crippen LogP) is 3.62. The fourth-order valence-electron chi connectivity index (χ4n) is 3.50. The molecule has 2 N–H and O–H groups in total. The number of aromatic hydroxyl groups is 1. The lowest BCUT2D eigenvalue weighted by Crippen LogP contribution is -2.32. The number of aliphatic hydroxyl groups excluding tert-OH is 1. The molecule has 4 rings (SSSR count). The summed E-state index contributed by atoms with van der Waals surface area (Å²) in [5.41, 5.74) is 2.09. The fourth-order valence-corrected chi connectivity index (χ4v) is 3.50. The largest absolute Gasteiger partial charge is 0.508 e. The van der Waals surface area contributed by atoms with Gasteiger partial charge in [-0.1, -0.05) is 12.1 Å². The summed E-state index contributed by atoms with van der Waals surface area (Å²) in [6, 6.07) is 8.56. The smallest absolute Gasteiger partial charge is 0.150 e. The fraction of sp³-hybridized carbons (Fsp3) is 0.333. The first-order chi connectivity index (χ1) is 12.4. The molecule has 2 heterocycles. The summed E-state index contributed by atoms with van der Waals surface area (Å²) in [6.07, 6.45) is 3.16. The second kappa shape index (κ2) is 5.95. The van der Waals surface area contributed by atoms with Crippen LogP contribution in [0.15, 0.2) is 36.4 Å². The number of benzene rings is 2. The first-order valence-electron chi connectivity index (χ1n) is 8.64. The normalized spacial score (nSPS) is 22.6. The van der Waals surface area contributed by atoms with Crippen molar-refractivity contribution in [2.75, 3.05) is 7.11 Å². The number of phenols is 1. The lowest BCUT2D eigenvalue weighted by atomic mass is 9.90. The zero-order valence-electron chi connectivity index (χ0n) is 15.0. The van der Waals surface area contributed by atoms with Crippen LogP contribution in [-0.2, 0) is 6.42 Å². The van der Waals surface area contributed by atoms with Crippen LogP contribution in [0.5, 0.6) is 23.0 Å². The highest BCUT2D eigenvalue weighted by Gasteiger charge is 2.36. The quantitative estimate of drug-likeness (QED) is 0.862. The van der Waals surface area contributed by atoms with E-state index in [1.165, 1.54) is 0 Å². The summed E-state index contributed by atoms with van der Waals surface area (Å²) >= 11 is 0. The molecule has 0 saturated heterocycles. The van der Waals surface area contributed by atoms with Gasteiger partial charge in [0.05, 0.1) is 18.8 Å². The lowest BCUT2D eigenvalue weighted by molar-refractivity contribution is 0.0191. The number of methoxy groups -OCH3 is 1. The van der Waals surface area contributed by atoms with Crippen LogP contribution >= 0.6 is 0 Å². The van der Waals surface area contributed by atoms with Gasteiger partial charge in [-0.25, -0.2) is 0 Å². The average Bonchev–Trinajstić information content (AvgIpc) is 2.60. The van der Waals surface area contributed by atoms with Crippen LogP contribution in [0.25, 0.3) is 6.08 Å². The van der Waals surface area contributed by atoms with Gasteiger partial charge in [0.15, 0.2) is 0 Å². The Bertz CT molecular complexity index is 867. The van der Waals surface area contributed by atoms with Gasteiger partial charge in [-0.2, -0.15) is 0 Å². The van der Waals surface area contributed by atoms with Crippen molar-refractivity contribution < 1.29 is 24.4 Å². The predicted molar refractivity (Wildman–Crippen MR) is 97.9 cm³/mol. The van der Waals surface area contributed by atoms with Crippen molar-refractivity contribution in [2.24, 2.45) is 0 Å². The van der Waals surface area contributed by atoms with Crippen LogP contribution in [0.1, 0.15) is 36.6 Å². The Morgan fingerprint density at radius 2 is 1.92 bits per heavy atom. The van der Waals surface area contributed by atoms with Gasteiger partial charge in [-0.05, 0) is 43.7 Å². The van der Waals surface area contributed by atoms with E-state index in [0.717, 1.165) is 16.7 Å². The Hall–Kier alpha value is -2.66. The third-order valence-corrected chi connectivity index (χ3v) is 4.82. The summed E-state index contributed by atoms with van der Waals surface area (Å²) in [7, 11) is 1.60. The van der Waals surface area contributed by atoms with E-state index in [9.17, 15) is 10.2 Å². The molecule has 136 valence electrons. The molecule has 2 aromatic carbocycles. The Morgan fingerprint density at radius 1 is 1.19 bits per heavy atom. The van der Waals surface area contributed by atoms with Gasteiger partial charge in [0, 0.05) is 18.1 Å². The van der Waals surface area contributed by atoms with Gasteiger partial charge in [0.2, 0.25) is 0 Å². The van der Waals surface area contributed by atoms with Crippen molar-refractivity contribution in [1.82, 2.24) is 0 Å². The van der Waals surface area contributed by atoms with Crippen molar-refractivity contribution in [3.8, 4) is 23.0 Å². The maximum absolute atomic E-state index is 10.7. The highest BCUT2D eigenvalue weighted by molar-refractivity contribution is 5.72. The van der Waals surface area contributed by atoms with E-state index < -0.39 is 17.8 Å². The third kappa shape index (κ3) is 2.78. The van der Waals surface area contributed by atoms with E-state index in [0.29, 0.717) is 23.7 Å². The first kappa shape index (κ1) is 16.8. The van der Waals surface area contributed by atoms with E-state index in [1.54, 1.807) is 31.4 Å². The monoisotopic (exact) mass is 354 g/mol. The topological polar surface area (TPSA) is 68.2 Å². The van der Waals surface area contributed by atoms with Gasteiger partial charge in [-0.15, -0.1) is 0 Å². The van der Waals surface area contributed by atoms with Crippen molar-refractivity contribution in [1.29, 1.82) is 0 Å². The van der Waals surface area contributed by atoms with Crippen molar-refractivity contribution in [2.45, 2.75) is 38.1 Å². The van der Waals surface area contributed by atoms with Gasteiger partial charge >= 0.3 is 0 Å². The maximum Gasteiger partial charge on any atom is 0.150 e. The highest BCUT2D eigenvalue weighted by Crippen LogP contribution is 2.48. The molecule has 26 heavy (non-hydrogen) atoms.